The number of allylic oxidation sites excluding steroid dienone is 1. The van der Waals surface area contributed by atoms with Gasteiger partial charge in [-0.15, -0.1) is 0 Å². The smallest absolute Gasteiger partial charge is 0.323 e. The molecule has 0 fully saturated rings. The molecule has 0 spiro atoms. The van der Waals surface area contributed by atoms with E-state index in [-0.39, 0.29) is 13.1 Å². The summed E-state index contributed by atoms with van der Waals surface area (Å²) in [5.41, 5.74) is 0. The molecule has 0 aromatic rings. The van der Waals surface area contributed by atoms with Crippen molar-refractivity contribution in [3.63, 3.8) is 0 Å². The van der Waals surface area contributed by atoms with Gasteiger partial charge in [-0.25, -0.2) is 4.39 Å². The number of rotatable bonds is 14. The summed E-state index contributed by atoms with van der Waals surface area (Å²) in [7, 11) is 1.05. The van der Waals surface area contributed by atoms with Crippen LogP contribution in [0.25, 0.3) is 0 Å². The number of hydrogen-bond acceptors (Lipinski definition) is 0. The monoisotopic (exact) mass is 714 g/mol. The first-order valence-electron chi connectivity index (χ1n) is 10.8. The molecule has 0 bridgehead atoms. The van der Waals surface area contributed by atoms with Crippen LogP contribution in [0.3, 0.4) is 0 Å². The second-order valence-electron chi connectivity index (χ2n) is 9.23. The lowest BCUT2D eigenvalue weighted by Gasteiger charge is -2.45. The Morgan fingerprint density at radius 2 is 0.659 bits per heavy atom. The summed E-state index contributed by atoms with van der Waals surface area (Å²) in [6.45, 7) is 0.935. The standard InChI is InChI=1S/C19H16F24N/c1-4-44(3,5-2)7-6-8(20)9(21,22)10(23,24)11(25,26)12(27,28)13(29,30)14(31,32)15(33,34)16(35,36)17(37,38)18(39,40)19(41,42)43/h6H,4-5,7H2,1-3H3/q+1/b8-6-. The molecule has 25 heteroatoms. The Morgan fingerprint density at radius 3 is 0.886 bits per heavy atom. The van der Waals surface area contributed by atoms with Crippen LogP contribution in [0.2, 0.25) is 0 Å². The molecule has 264 valence electrons. The fourth-order valence-electron chi connectivity index (χ4n) is 2.82. The third-order valence-corrected chi connectivity index (χ3v) is 6.44. The summed E-state index contributed by atoms with van der Waals surface area (Å²) in [4.78, 5) is 0. The van der Waals surface area contributed by atoms with E-state index in [1.54, 1.807) is 0 Å². The molecule has 0 rings (SSSR count). The van der Waals surface area contributed by atoms with Crippen molar-refractivity contribution in [3.8, 4) is 0 Å². The number of likely N-dealkylation sites (N-methyl/N-ethyl adjacent to an activating group) is 1. The Kier molecular flexibility index (Phi) is 10.6. The van der Waals surface area contributed by atoms with Crippen LogP contribution >= 0.6 is 0 Å². The molecule has 0 aliphatic heterocycles. The summed E-state index contributed by atoms with van der Waals surface area (Å²) in [6.07, 6.45) is -8.83. The first kappa shape index (κ1) is 42.0. The molecular formula is C19H16F24N+. The minimum absolute atomic E-state index is 0.176. The minimum Gasteiger partial charge on any atom is -0.323 e. The molecule has 0 saturated carbocycles. The average molecular weight is 714 g/mol. The molecule has 0 unspecified atom stereocenters. The summed E-state index contributed by atoms with van der Waals surface area (Å²) in [6, 6.07) is 0. The van der Waals surface area contributed by atoms with Gasteiger partial charge in [0.1, 0.15) is 6.54 Å². The van der Waals surface area contributed by atoms with E-state index in [2.05, 4.69) is 0 Å². The van der Waals surface area contributed by atoms with Gasteiger partial charge in [0.05, 0.1) is 20.1 Å². The van der Waals surface area contributed by atoms with E-state index in [0.29, 0.717) is 0 Å². The van der Waals surface area contributed by atoms with Gasteiger partial charge in [-0.3, -0.25) is 0 Å². The maximum atomic E-state index is 13.9. The van der Waals surface area contributed by atoms with Gasteiger partial charge < -0.3 is 4.48 Å². The quantitative estimate of drug-likeness (QED) is 0.124. The molecule has 0 amide bonds. The average Bonchev–Trinajstić information content (AvgIpc) is 2.84. The Balaban J connectivity index is 7.22. The molecule has 0 heterocycles. The predicted molar refractivity (Wildman–Crippen MR) is 96.8 cm³/mol. The summed E-state index contributed by atoms with van der Waals surface area (Å²) < 4.78 is 321. The third-order valence-electron chi connectivity index (χ3n) is 6.44. The molecule has 1 nitrogen and oxygen atoms in total. The number of nitrogens with zero attached hydrogens (tertiary/aromatic N) is 1. The van der Waals surface area contributed by atoms with Crippen molar-refractivity contribution in [2.45, 2.75) is 79.2 Å². The van der Waals surface area contributed by atoms with Gasteiger partial charge in [0, 0.05) is 6.08 Å². The molecule has 0 aromatic heterocycles. The van der Waals surface area contributed by atoms with Gasteiger partial charge in [-0.2, -0.15) is 101 Å². The lowest BCUT2D eigenvalue weighted by atomic mass is 9.85. The van der Waals surface area contributed by atoms with Crippen LogP contribution in [-0.2, 0) is 0 Å². The van der Waals surface area contributed by atoms with Crippen molar-refractivity contribution in [1.29, 1.82) is 0 Å². The van der Waals surface area contributed by atoms with Crippen LogP contribution in [0.15, 0.2) is 11.9 Å². The zero-order valence-corrected chi connectivity index (χ0v) is 21.2. The first-order valence-corrected chi connectivity index (χ1v) is 10.8. The third kappa shape index (κ3) is 5.42. The zero-order chi connectivity index (χ0) is 36.4. The van der Waals surface area contributed by atoms with Crippen molar-refractivity contribution in [3.05, 3.63) is 11.9 Å². The molecule has 0 N–H and O–H groups in total. The van der Waals surface area contributed by atoms with Gasteiger partial charge in [0.2, 0.25) is 0 Å². The molecule has 44 heavy (non-hydrogen) atoms. The topological polar surface area (TPSA) is 0 Å². The lowest BCUT2D eigenvalue weighted by molar-refractivity contribution is -0.900. The van der Waals surface area contributed by atoms with Gasteiger partial charge >= 0.3 is 65.4 Å². The summed E-state index contributed by atoms with van der Waals surface area (Å²) in [5.74, 6) is -93.2. The SMILES string of the molecule is CC[N+](C)(CC)C/C=C(\F)C(F)(F)C(F)(F)C(F)(F)C(F)(F)C(F)(F)C(F)(F)C(F)(F)C(F)(F)C(F)(F)C(F)(F)C(F)(F)F. The van der Waals surface area contributed by atoms with Crippen molar-refractivity contribution in [1.82, 2.24) is 0 Å². The lowest BCUT2D eigenvalue weighted by Crippen LogP contribution is -2.77. The maximum absolute atomic E-state index is 13.9. The normalized spacial score (nSPS) is 16.9. The van der Waals surface area contributed by atoms with Crippen LogP contribution in [0.4, 0.5) is 105 Å². The summed E-state index contributed by atoms with van der Waals surface area (Å²) >= 11 is 0. The van der Waals surface area contributed by atoms with Crippen molar-refractivity contribution in [2.75, 3.05) is 26.7 Å². The van der Waals surface area contributed by atoms with Crippen LogP contribution in [0, 0.1) is 0 Å². The Bertz CT molecular complexity index is 1050. The largest absolute Gasteiger partial charge is 0.460 e. The van der Waals surface area contributed by atoms with E-state index in [1.165, 1.54) is 13.8 Å². The second kappa shape index (κ2) is 11.1. The molecule has 0 aliphatic rings. The highest BCUT2D eigenvalue weighted by molar-refractivity contribution is 5.22. The van der Waals surface area contributed by atoms with Gasteiger partial charge in [-0.05, 0) is 13.8 Å². The highest BCUT2D eigenvalue weighted by atomic mass is 19.4. The van der Waals surface area contributed by atoms with E-state index < -0.39 is 88.3 Å². The number of alkyl halides is 23. The Hall–Kier alpha value is -1.98. The van der Waals surface area contributed by atoms with Gasteiger partial charge in [0.25, 0.3) is 0 Å². The molecule has 0 radical (unpaired) electrons. The molecule has 0 saturated heterocycles. The fraction of sp³-hybridized carbons (Fsp3) is 0.895. The first-order chi connectivity index (χ1) is 18.7. The molecule has 0 atom stereocenters. The van der Waals surface area contributed by atoms with Gasteiger partial charge in [-0.1, -0.05) is 0 Å². The molecule has 0 aliphatic carbocycles. The second-order valence-corrected chi connectivity index (χ2v) is 9.23. The number of halogens is 24. The minimum atomic E-state index is -9.48. The van der Waals surface area contributed by atoms with E-state index in [0.717, 1.165) is 7.05 Å². The van der Waals surface area contributed by atoms with E-state index in [4.69, 9.17) is 0 Å². The molecular weight excluding hydrogens is 698 g/mol. The predicted octanol–water partition coefficient (Wildman–Crippen LogP) is 9.24. The summed E-state index contributed by atoms with van der Waals surface area (Å²) in [5, 5.41) is 0. The van der Waals surface area contributed by atoms with Crippen LogP contribution in [-0.4, -0.2) is 96.6 Å². The van der Waals surface area contributed by atoms with Crippen molar-refractivity contribution >= 4 is 0 Å². The van der Waals surface area contributed by atoms with Gasteiger partial charge in [0.15, 0.2) is 5.83 Å². The molecule has 0 aromatic carbocycles. The van der Waals surface area contributed by atoms with Crippen LogP contribution in [0.5, 0.6) is 0 Å². The Morgan fingerprint density at radius 1 is 0.432 bits per heavy atom. The number of quaternary nitrogens is 1. The maximum Gasteiger partial charge on any atom is 0.460 e. The van der Waals surface area contributed by atoms with E-state index in [9.17, 15) is 105 Å². The number of hydrogen-bond donors (Lipinski definition) is 0. The highest BCUT2D eigenvalue weighted by Gasteiger charge is 2.99. The Labute approximate surface area is 229 Å². The van der Waals surface area contributed by atoms with Crippen molar-refractivity contribution in [2.24, 2.45) is 0 Å². The van der Waals surface area contributed by atoms with Crippen LogP contribution < -0.4 is 0 Å². The van der Waals surface area contributed by atoms with E-state index in [1.807, 2.05) is 0 Å². The van der Waals surface area contributed by atoms with Crippen molar-refractivity contribution < 1.29 is 110 Å². The fourth-order valence-corrected chi connectivity index (χ4v) is 2.82. The highest BCUT2D eigenvalue weighted by Crippen LogP contribution is 2.67. The van der Waals surface area contributed by atoms with E-state index >= 15 is 0 Å². The zero-order valence-electron chi connectivity index (χ0n) is 21.2. The van der Waals surface area contributed by atoms with Crippen LogP contribution in [0.1, 0.15) is 13.8 Å².